The standard InChI is InChI=1S/C24H14Cl4O4S5.2Na.3H2O/c25-13-1-5-17(23(9-13)36(29)30)19-11-15(3-7-21(19)27)33-35-34-16-4-8-22(28)20(12-16)18-6-2-14(26)10-24(18)37(31)32;;;;;/h1-12H,(H,29,30)(H,31,32);;;3*1H2/q;2*+1;;;/p-2. The Kier molecular flexibility index (Phi) is 22.8. The number of benzene rings is 4. The van der Waals surface area contributed by atoms with Crippen molar-refractivity contribution in [2.45, 2.75) is 19.6 Å². The van der Waals surface area contributed by atoms with Crippen LogP contribution >= 0.6 is 77.8 Å². The molecular formula is C24H18Cl4Na2O7S5. The fourth-order valence-corrected chi connectivity index (χ4v) is 9.09. The maximum Gasteiger partial charge on any atom is 1.00 e. The van der Waals surface area contributed by atoms with Crippen molar-refractivity contribution in [1.82, 2.24) is 0 Å². The van der Waals surface area contributed by atoms with Crippen molar-refractivity contribution >= 4 is 100.0 Å². The zero-order valence-electron chi connectivity index (χ0n) is 21.6. The second-order valence-corrected chi connectivity index (χ2v) is 14.8. The van der Waals surface area contributed by atoms with Crippen molar-refractivity contribution in [1.29, 1.82) is 0 Å². The van der Waals surface area contributed by atoms with Crippen LogP contribution in [0, 0.1) is 0 Å². The fraction of sp³-hybridized carbons (Fsp3) is 0. The van der Waals surface area contributed by atoms with Gasteiger partial charge in [-0.05, 0) is 125 Å². The Morgan fingerprint density at radius 2 is 0.881 bits per heavy atom. The molecule has 18 heteroatoms. The molecule has 4 rings (SSSR count). The maximum atomic E-state index is 11.7. The third-order valence-electron chi connectivity index (χ3n) is 4.96. The summed E-state index contributed by atoms with van der Waals surface area (Å²) in [6.07, 6.45) is 0. The van der Waals surface area contributed by atoms with Gasteiger partial charge >= 0.3 is 59.1 Å². The predicted molar refractivity (Wildman–Crippen MR) is 168 cm³/mol. The molecule has 0 saturated carbocycles. The van der Waals surface area contributed by atoms with E-state index in [4.69, 9.17) is 46.4 Å². The summed E-state index contributed by atoms with van der Waals surface area (Å²) in [5.41, 5.74) is 2.06. The molecule has 0 bridgehead atoms. The molecule has 4 aromatic rings. The second kappa shape index (κ2) is 21.1. The van der Waals surface area contributed by atoms with E-state index in [1.54, 1.807) is 36.4 Å². The normalized spacial score (nSPS) is 11.4. The van der Waals surface area contributed by atoms with Crippen LogP contribution < -0.4 is 59.1 Å². The Labute approximate surface area is 323 Å². The fourth-order valence-electron chi connectivity index (χ4n) is 3.33. The topological polar surface area (TPSA) is 175 Å². The van der Waals surface area contributed by atoms with Crippen molar-refractivity contribution in [3.05, 3.63) is 92.9 Å². The molecule has 6 N–H and O–H groups in total. The summed E-state index contributed by atoms with van der Waals surface area (Å²) < 4.78 is 46.9. The third-order valence-corrected chi connectivity index (χ3v) is 11.3. The van der Waals surface area contributed by atoms with Crippen LogP contribution in [0.3, 0.4) is 0 Å². The Morgan fingerprint density at radius 1 is 0.524 bits per heavy atom. The van der Waals surface area contributed by atoms with E-state index in [1.807, 2.05) is 24.3 Å². The molecule has 0 amide bonds. The maximum absolute atomic E-state index is 11.7. The third kappa shape index (κ3) is 11.8. The van der Waals surface area contributed by atoms with Gasteiger partial charge in [0.2, 0.25) is 0 Å². The van der Waals surface area contributed by atoms with Gasteiger partial charge in [-0.1, -0.05) is 58.5 Å². The minimum absolute atomic E-state index is 0. The second-order valence-electron chi connectivity index (χ2n) is 7.27. The van der Waals surface area contributed by atoms with Crippen molar-refractivity contribution in [3.63, 3.8) is 0 Å². The van der Waals surface area contributed by atoms with Crippen molar-refractivity contribution in [2.75, 3.05) is 0 Å². The van der Waals surface area contributed by atoms with Gasteiger partial charge in [0.1, 0.15) is 0 Å². The molecule has 0 aliphatic heterocycles. The molecule has 2 unspecified atom stereocenters. The van der Waals surface area contributed by atoms with E-state index >= 15 is 0 Å². The Morgan fingerprint density at radius 3 is 1.21 bits per heavy atom. The number of halogens is 4. The van der Waals surface area contributed by atoms with Crippen LogP contribution in [0.1, 0.15) is 0 Å². The first kappa shape index (κ1) is 45.3. The van der Waals surface area contributed by atoms with Gasteiger partial charge in [-0.15, -0.1) is 0 Å². The molecule has 0 heterocycles. The number of hydrogen-bond donors (Lipinski definition) is 0. The molecule has 4 aromatic carbocycles. The predicted octanol–water partition coefficient (Wildman–Crippen LogP) is 1.09. The molecule has 0 aromatic heterocycles. The van der Waals surface area contributed by atoms with E-state index < -0.39 is 22.2 Å². The van der Waals surface area contributed by atoms with Gasteiger partial charge in [0.05, 0.1) is 0 Å². The average Bonchev–Trinajstić information content (AvgIpc) is 2.86. The molecule has 0 aliphatic rings. The smallest absolute Gasteiger partial charge is 0.768 e. The average molecular weight is 767 g/mol. The summed E-state index contributed by atoms with van der Waals surface area (Å²) in [6.45, 7) is 0. The molecule has 216 valence electrons. The van der Waals surface area contributed by atoms with E-state index in [1.165, 1.54) is 43.5 Å². The van der Waals surface area contributed by atoms with Crippen LogP contribution in [0.4, 0.5) is 0 Å². The molecule has 0 spiro atoms. The van der Waals surface area contributed by atoms with Crippen LogP contribution in [-0.2, 0) is 22.2 Å². The molecular weight excluding hydrogens is 748 g/mol. The van der Waals surface area contributed by atoms with Gasteiger partial charge in [-0.3, -0.25) is 8.42 Å². The summed E-state index contributed by atoms with van der Waals surface area (Å²) in [5, 5.41) is 1.44. The molecule has 2 atom stereocenters. The van der Waals surface area contributed by atoms with E-state index in [2.05, 4.69) is 0 Å². The molecule has 0 radical (unpaired) electrons. The van der Waals surface area contributed by atoms with Crippen LogP contribution in [0.15, 0.2) is 92.4 Å². The van der Waals surface area contributed by atoms with Gasteiger partial charge in [-0.2, -0.15) is 0 Å². The van der Waals surface area contributed by atoms with Crippen LogP contribution in [0.25, 0.3) is 22.3 Å². The van der Waals surface area contributed by atoms with Gasteiger partial charge in [0.25, 0.3) is 0 Å². The summed E-state index contributed by atoms with van der Waals surface area (Å²) in [5.74, 6) is 0. The molecule has 0 fully saturated rings. The van der Waals surface area contributed by atoms with Crippen molar-refractivity contribution < 1.29 is 93.1 Å². The van der Waals surface area contributed by atoms with Gasteiger partial charge in [-0.25, -0.2) is 0 Å². The van der Waals surface area contributed by atoms with Gasteiger partial charge < -0.3 is 25.5 Å². The monoisotopic (exact) mass is 764 g/mol. The SMILES string of the molecule is O.O.O.O=S([O-])c1cc(Cl)ccc1-c1cc(SSSc2ccc(Cl)c(-c3ccc(Cl)cc3S(=O)[O-])c2)ccc1Cl.[Na+].[Na+]. The zero-order chi connectivity index (χ0) is 26.7. The first-order chi connectivity index (χ1) is 17.6. The summed E-state index contributed by atoms with van der Waals surface area (Å²) in [4.78, 5) is 1.83. The first-order valence-electron chi connectivity index (χ1n) is 10.0. The summed E-state index contributed by atoms with van der Waals surface area (Å²) >= 11 is 19.8. The Balaban J connectivity index is 0. The van der Waals surface area contributed by atoms with Crippen molar-refractivity contribution in [3.8, 4) is 22.3 Å². The Bertz CT molecular complexity index is 1440. The van der Waals surface area contributed by atoms with Crippen LogP contribution in [0.2, 0.25) is 20.1 Å². The zero-order valence-corrected chi connectivity index (χ0v) is 32.7. The number of rotatable bonds is 8. The summed E-state index contributed by atoms with van der Waals surface area (Å²) in [6, 6.07) is 20.0. The molecule has 42 heavy (non-hydrogen) atoms. The van der Waals surface area contributed by atoms with Crippen molar-refractivity contribution in [2.24, 2.45) is 0 Å². The van der Waals surface area contributed by atoms with Gasteiger partial charge in [0.15, 0.2) is 0 Å². The largest absolute Gasteiger partial charge is 1.00 e. The van der Waals surface area contributed by atoms with E-state index in [-0.39, 0.29) is 85.3 Å². The molecule has 0 aliphatic carbocycles. The molecule has 7 nitrogen and oxygen atoms in total. The van der Waals surface area contributed by atoms with Crippen LogP contribution in [0.5, 0.6) is 0 Å². The minimum atomic E-state index is -2.49. The Hall–Kier alpha value is 1.19. The van der Waals surface area contributed by atoms with E-state index in [9.17, 15) is 17.5 Å². The molecule has 0 saturated heterocycles. The quantitative estimate of drug-likeness (QED) is 0.147. The minimum Gasteiger partial charge on any atom is -0.768 e. The van der Waals surface area contributed by atoms with Crippen LogP contribution in [-0.4, -0.2) is 34.0 Å². The first-order valence-corrected chi connectivity index (χ1v) is 17.2. The number of hydrogen-bond acceptors (Lipinski definition) is 7. The summed E-state index contributed by atoms with van der Waals surface area (Å²) in [7, 11) is 4.38. The van der Waals surface area contributed by atoms with E-state index in [0.717, 1.165) is 9.79 Å². The van der Waals surface area contributed by atoms with Gasteiger partial charge in [0, 0.05) is 50.8 Å². The van der Waals surface area contributed by atoms with E-state index in [0.29, 0.717) is 42.3 Å².